The molecule has 11 heteroatoms. The number of nitrogens with two attached hydrogens (primary N) is 1. The van der Waals surface area contributed by atoms with E-state index in [-0.39, 0.29) is 24.2 Å². The molecular formula is C23H26N8O3. The SMILES string of the molecule is C#Cc1cnc(N2CCC(N(C)C(=O)COCCn3cnc4ccc(C(N)=O)nc43)CC2)nc1. The molecule has 1 fully saturated rings. The van der Waals surface area contributed by atoms with Crippen LogP contribution in [-0.4, -0.2) is 80.6 Å². The standard InChI is InChI=1S/C23H26N8O3/c1-3-16-12-25-23(26-13-16)30-8-6-17(7-9-30)29(2)20(32)14-34-11-10-31-15-27-19-5-4-18(21(24)33)28-22(19)31/h1,4-5,12-13,15,17H,6-11,14H2,2H3,(H2,24,33). The topological polar surface area (TPSA) is 132 Å². The molecule has 34 heavy (non-hydrogen) atoms. The second-order valence-electron chi connectivity index (χ2n) is 8.03. The van der Waals surface area contributed by atoms with Gasteiger partial charge in [-0.15, -0.1) is 6.42 Å². The smallest absolute Gasteiger partial charge is 0.267 e. The first kappa shape index (κ1) is 23.1. The minimum Gasteiger partial charge on any atom is -0.370 e. The van der Waals surface area contributed by atoms with Crippen LogP contribution in [0.15, 0.2) is 30.9 Å². The summed E-state index contributed by atoms with van der Waals surface area (Å²) in [4.78, 5) is 45.0. The van der Waals surface area contributed by atoms with E-state index in [1.54, 1.807) is 40.3 Å². The van der Waals surface area contributed by atoms with E-state index in [4.69, 9.17) is 16.9 Å². The van der Waals surface area contributed by atoms with E-state index in [0.717, 1.165) is 25.9 Å². The van der Waals surface area contributed by atoms with Crippen LogP contribution >= 0.6 is 0 Å². The van der Waals surface area contributed by atoms with Crippen LogP contribution in [-0.2, 0) is 16.1 Å². The molecule has 0 saturated carbocycles. The Morgan fingerprint density at radius 1 is 1.24 bits per heavy atom. The maximum atomic E-state index is 12.6. The van der Waals surface area contributed by atoms with Gasteiger partial charge in [-0.3, -0.25) is 9.59 Å². The average molecular weight is 463 g/mol. The summed E-state index contributed by atoms with van der Waals surface area (Å²) in [5.74, 6) is 2.49. The minimum atomic E-state index is -0.598. The summed E-state index contributed by atoms with van der Waals surface area (Å²) >= 11 is 0. The molecule has 0 radical (unpaired) electrons. The van der Waals surface area contributed by atoms with Crippen LogP contribution < -0.4 is 10.6 Å². The van der Waals surface area contributed by atoms with E-state index in [9.17, 15) is 9.59 Å². The van der Waals surface area contributed by atoms with Crippen molar-refractivity contribution >= 4 is 28.9 Å². The number of carbonyl (C=O) groups is 2. The highest BCUT2D eigenvalue weighted by atomic mass is 16.5. The van der Waals surface area contributed by atoms with Crippen molar-refractivity contribution < 1.29 is 14.3 Å². The third kappa shape index (κ3) is 5.13. The van der Waals surface area contributed by atoms with Gasteiger partial charge in [0.1, 0.15) is 17.8 Å². The first-order valence-electron chi connectivity index (χ1n) is 10.9. The molecule has 0 spiro atoms. The van der Waals surface area contributed by atoms with E-state index in [2.05, 4.69) is 30.8 Å². The van der Waals surface area contributed by atoms with Crippen LogP contribution in [0, 0.1) is 12.3 Å². The zero-order valence-corrected chi connectivity index (χ0v) is 18.9. The number of piperidine rings is 1. The van der Waals surface area contributed by atoms with Crippen molar-refractivity contribution in [2.45, 2.75) is 25.4 Å². The van der Waals surface area contributed by atoms with Crippen LogP contribution in [0.2, 0.25) is 0 Å². The minimum absolute atomic E-state index is 0.0139. The number of anilines is 1. The van der Waals surface area contributed by atoms with E-state index in [1.807, 2.05) is 7.05 Å². The van der Waals surface area contributed by atoms with E-state index in [1.165, 1.54) is 0 Å². The molecule has 3 aromatic rings. The van der Waals surface area contributed by atoms with Crippen LogP contribution in [0.5, 0.6) is 0 Å². The van der Waals surface area contributed by atoms with Crippen LogP contribution in [0.25, 0.3) is 11.2 Å². The van der Waals surface area contributed by atoms with E-state index in [0.29, 0.717) is 35.8 Å². The number of fused-ring (bicyclic) bond motifs is 1. The number of hydrogen-bond acceptors (Lipinski definition) is 8. The zero-order chi connectivity index (χ0) is 24.1. The second-order valence-corrected chi connectivity index (χ2v) is 8.03. The van der Waals surface area contributed by atoms with Gasteiger partial charge in [0.25, 0.3) is 5.91 Å². The van der Waals surface area contributed by atoms with Gasteiger partial charge >= 0.3 is 0 Å². The molecule has 0 unspecified atom stereocenters. The fraction of sp³-hybridized carbons (Fsp3) is 0.391. The molecular weight excluding hydrogens is 436 g/mol. The van der Waals surface area contributed by atoms with E-state index < -0.39 is 5.91 Å². The summed E-state index contributed by atoms with van der Waals surface area (Å²) in [7, 11) is 1.81. The largest absolute Gasteiger partial charge is 0.370 e. The lowest BCUT2D eigenvalue weighted by Gasteiger charge is -2.36. The molecule has 4 heterocycles. The first-order valence-corrected chi connectivity index (χ1v) is 10.9. The predicted molar refractivity (Wildman–Crippen MR) is 125 cm³/mol. The third-order valence-electron chi connectivity index (χ3n) is 5.91. The molecule has 0 bridgehead atoms. The fourth-order valence-electron chi connectivity index (χ4n) is 3.88. The summed E-state index contributed by atoms with van der Waals surface area (Å²) in [5, 5.41) is 0. The number of aromatic nitrogens is 5. The van der Waals surface area contributed by atoms with Gasteiger partial charge in [-0.1, -0.05) is 5.92 Å². The maximum absolute atomic E-state index is 12.6. The summed E-state index contributed by atoms with van der Waals surface area (Å²) in [5.41, 5.74) is 7.33. The van der Waals surface area contributed by atoms with Gasteiger partial charge in [-0.25, -0.2) is 19.9 Å². The Labute approximate surface area is 197 Å². The van der Waals surface area contributed by atoms with Gasteiger partial charge in [0, 0.05) is 45.1 Å². The molecule has 0 aliphatic carbocycles. The number of likely N-dealkylation sites (N-methyl/N-ethyl adjacent to an activating group) is 1. The molecule has 176 valence electrons. The van der Waals surface area contributed by atoms with Crippen molar-refractivity contribution in [3.63, 3.8) is 0 Å². The first-order chi connectivity index (χ1) is 16.5. The Morgan fingerprint density at radius 2 is 1.97 bits per heavy atom. The van der Waals surface area contributed by atoms with Crippen molar-refractivity contribution in [2.75, 3.05) is 38.3 Å². The van der Waals surface area contributed by atoms with Crippen molar-refractivity contribution in [1.82, 2.24) is 29.4 Å². The molecule has 2 N–H and O–H groups in total. The zero-order valence-electron chi connectivity index (χ0n) is 18.9. The Balaban J connectivity index is 1.22. The lowest BCUT2D eigenvalue weighted by atomic mass is 10.0. The number of carbonyl (C=O) groups excluding carboxylic acids is 2. The molecule has 2 amide bonds. The summed E-state index contributed by atoms with van der Waals surface area (Å²) in [6.07, 6.45) is 11.9. The number of hydrogen-bond donors (Lipinski definition) is 1. The number of terminal acetylenes is 1. The molecule has 1 aliphatic rings. The van der Waals surface area contributed by atoms with Crippen molar-refractivity contribution in [3.05, 3.63) is 42.1 Å². The number of rotatable bonds is 8. The van der Waals surface area contributed by atoms with Crippen LogP contribution in [0.4, 0.5) is 5.95 Å². The number of primary amides is 1. The average Bonchev–Trinajstić information content (AvgIpc) is 3.28. The van der Waals surface area contributed by atoms with Crippen molar-refractivity contribution in [2.24, 2.45) is 5.73 Å². The Bertz CT molecular complexity index is 1210. The summed E-state index contributed by atoms with van der Waals surface area (Å²) in [6, 6.07) is 3.37. The van der Waals surface area contributed by atoms with Gasteiger partial charge in [0.2, 0.25) is 11.9 Å². The molecule has 4 rings (SSSR count). The van der Waals surface area contributed by atoms with E-state index >= 15 is 0 Å². The van der Waals surface area contributed by atoms with Gasteiger partial charge in [0.05, 0.1) is 18.5 Å². The molecule has 1 saturated heterocycles. The predicted octanol–water partition coefficient (Wildman–Crippen LogP) is 0.446. The van der Waals surface area contributed by atoms with Gasteiger partial charge in [-0.2, -0.15) is 0 Å². The molecule has 11 nitrogen and oxygen atoms in total. The number of ether oxygens (including phenoxy) is 1. The molecule has 3 aromatic heterocycles. The van der Waals surface area contributed by atoms with Gasteiger partial charge in [-0.05, 0) is 25.0 Å². The van der Waals surface area contributed by atoms with Crippen molar-refractivity contribution in [3.8, 4) is 12.3 Å². The monoisotopic (exact) mass is 462 g/mol. The lowest BCUT2D eigenvalue weighted by Crippen LogP contribution is -2.47. The highest BCUT2D eigenvalue weighted by Crippen LogP contribution is 2.19. The lowest BCUT2D eigenvalue weighted by molar-refractivity contribution is -0.137. The highest BCUT2D eigenvalue weighted by molar-refractivity contribution is 5.92. The second kappa shape index (κ2) is 10.3. The number of amides is 2. The molecule has 0 aromatic carbocycles. The van der Waals surface area contributed by atoms with Crippen LogP contribution in [0.1, 0.15) is 28.9 Å². The third-order valence-corrected chi connectivity index (χ3v) is 5.91. The quantitative estimate of drug-likeness (QED) is 0.377. The number of imidazole rings is 1. The Kier molecular flexibility index (Phi) is 6.98. The fourth-order valence-corrected chi connectivity index (χ4v) is 3.88. The molecule has 0 atom stereocenters. The summed E-state index contributed by atoms with van der Waals surface area (Å²) in [6.45, 7) is 2.25. The van der Waals surface area contributed by atoms with Gasteiger partial charge < -0.3 is 24.8 Å². The van der Waals surface area contributed by atoms with Crippen LogP contribution in [0.3, 0.4) is 0 Å². The van der Waals surface area contributed by atoms with Crippen molar-refractivity contribution in [1.29, 1.82) is 0 Å². The highest BCUT2D eigenvalue weighted by Gasteiger charge is 2.26. The normalized spacial score (nSPS) is 14.2. The Morgan fingerprint density at radius 3 is 2.65 bits per heavy atom. The van der Waals surface area contributed by atoms with Gasteiger partial charge in [0.15, 0.2) is 5.65 Å². The summed E-state index contributed by atoms with van der Waals surface area (Å²) < 4.78 is 7.38. The number of pyridine rings is 1. The number of nitrogens with zero attached hydrogens (tertiary/aromatic N) is 7. The Hall–Kier alpha value is -4.04. The molecule has 1 aliphatic heterocycles. The maximum Gasteiger partial charge on any atom is 0.267 e.